The smallest absolute Gasteiger partial charge is 0.137 e. The summed E-state index contributed by atoms with van der Waals surface area (Å²) in [5.74, 6) is 0.864. The van der Waals surface area contributed by atoms with Crippen molar-refractivity contribution in [3.8, 4) is 0 Å². The van der Waals surface area contributed by atoms with Crippen LogP contribution in [0.2, 0.25) is 0 Å². The Bertz CT molecular complexity index is 612. The molecule has 0 amide bonds. The molecule has 0 aliphatic carbocycles. The zero-order valence-corrected chi connectivity index (χ0v) is 12.3. The van der Waals surface area contributed by atoms with Gasteiger partial charge in [0.25, 0.3) is 0 Å². The largest absolute Gasteiger partial charge is 0.378 e. The average Bonchev–Trinajstić information content (AvgIpc) is 2.49. The Balaban J connectivity index is 1.92. The molecule has 3 rings (SSSR count). The van der Waals surface area contributed by atoms with Gasteiger partial charge in [0.05, 0.1) is 6.04 Å². The number of anilines is 1. The molecule has 1 nitrogen and oxygen atoms in total. The monoisotopic (exact) mass is 287 g/mol. The van der Waals surface area contributed by atoms with Crippen molar-refractivity contribution in [1.82, 2.24) is 0 Å². The van der Waals surface area contributed by atoms with Gasteiger partial charge in [-0.3, -0.25) is 0 Å². The number of hydrogen-bond acceptors (Lipinski definition) is 2. The quantitative estimate of drug-likeness (QED) is 0.849. The molecule has 0 saturated carbocycles. The van der Waals surface area contributed by atoms with Crippen LogP contribution in [0.25, 0.3) is 0 Å². The van der Waals surface area contributed by atoms with Crippen molar-refractivity contribution < 1.29 is 4.39 Å². The summed E-state index contributed by atoms with van der Waals surface area (Å²) in [4.78, 5) is 0.810. The molecule has 1 aliphatic heterocycles. The van der Waals surface area contributed by atoms with Gasteiger partial charge in [-0.1, -0.05) is 37.3 Å². The third kappa shape index (κ3) is 2.55. The summed E-state index contributed by atoms with van der Waals surface area (Å²) in [5, 5.41) is 3.60. The molecular formula is C17H18FNS. The van der Waals surface area contributed by atoms with Gasteiger partial charge in [-0.25, -0.2) is 4.39 Å². The van der Waals surface area contributed by atoms with Crippen LogP contribution in [-0.2, 0) is 6.42 Å². The van der Waals surface area contributed by atoms with E-state index >= 15 is 0 Å². The lowest BCUT2D eigenvalue weighted by Gasteiger charge is -2.28. The highest BCUT2D eigenvalue weighted by Crippen LogP contribution is 2.39. The summed E-state index contributed by atoms with van der Waals surface area (Å²) in [7, 11) is 0. The van der Waals surface area contributed by atoms with Crippen LogP contribution in [0.15, 0.2) is 47.4 Å². The van der Waals surface area contributed by atoms with E-state index in [1.54, 1.807) is 23.9 Å². The minimum Gasteiger partial charge on any atom is -0.378 e. The van der Waals surface area contributed by atoms with E-state index in [4.69, 9.17) is 0 Å². The van der Waals surface area contributed by atoms with Crippen LogP contribution in [0, 0.1) is 5.82 Å². The number of halogens is 1. The molecule has 0 aromatic heterocycles. The second kappa shape index (κ2) is 5.88. The number of benzene rings is 2. The fourth-order valence-electron chi connectivity index (χ4n) is 2.69. The lowest BCUT2D eigenvalue weighted by Crippen LogP contribution is -2.17. The fraction of sp³-hybridized carbons (Fsp3) is 0.294. The third-order valence-electron chi connectivity index (χ3n) is 3.75. The molecule has 1 unspecified atom stereocenters. The predicted molar refractivity (Wildman–Crippen MR) is 83.9 cm³/mol. The van der Waals surface area contributed by atoms with E-state index in [1.165, 1.54) is 11.3 Å². The van der Waals surface area contributed by atoms with Crippen molar-refractivity contribution in [2.24, 2.45) is 0 Å². The van der Waals surface area contributed by atoms with Crippen LogP contribution in [0.4, 0.5) is 10.1 Å². The van der Waals surface area contributed by atoms with Gasteiger partial charge in [-0.15, -0.1) is 11.8 Å². The summed E-state index contributed by atoms with van der Waals surface area (Å²) in [6, 6.07) is 14.0. The van der Waals surface area contributed by atoms with E-state index in [9.17, 15) is 4.39 Å². The highest BCUT2D eigenvalue weighted by atomic mass is 32.2. The van der Waals surface area contributed by atoms with Gasteiger partial charge >= 0.3 is 0 Å². The highest BCUT2D eigenvalue weighted by molar-refractivity contribution is 7.99. The summed E-state index contributed by atoms with van der Waals surface area (Å²) < 4.78 is 13.9. The van der Waals surface area contributed by atoms with Gasteiger partial charge in [0, 0.05) is 16.3 Å². The summed E-state index contributed by atoms with van der Waals surface area (Å²) >= 11 is 1.62. The number of thioether (sulfide) groups is 1. The molecule has 20 heavy (non-hydrogen) atoms. The van der Waals surface area contributed by atoms with Crippen LogP contribution in [-0.4, -0.2) is 5.75 Å². The molecule has 1 atom stereocenters. The van der Waals surface area contributed by atoms with E-state index in [2.05, 4.69) is 30.4 Å². The van der Waals surface area contributed by atoms with E-state index < -0.39 is 0 Å². The van der Waals surface area contributed by atoms with Crippen LogP contribution >= 0.6 is 11.8 Å². The molecule has 2 aromatic rings. The second-order valence-electron chi connectivity index (χ2n) is 5.00. The van der Waals surface area contributed by atoms with Crippen LogP contribution < -0.4 is 5.32 Å². The maximum atomic E-state index is 13.9. The Morgan fingerprint density at radius 2 is 2.05 bits per heavy atom. The van der Waals surface area contributed by atoms with Gasteiger partial charge in [0.15, 0.2) is 0 Å². The Labute approximate surface area is 123 Å². The third-order valence-corrected chi connectivity index (χ3v) is 4.91. The van der Waals surface area contributed by atoms with Crippen molar-refractivity contribution in [2.45, 2.75) is 30.7 Å². The van der Waals surface area contributed by atoms with Crippen molar-refractivity contribution in [3.05, 3.63) is 59.4 Å². The number of para-hydroxylation sites is 1. The molecule has 1 heterocycles. The number of hydrogen-bond donors (Lipinski definition) is 1. The van der Waals surface area contributed by atoms with Crippen LogP contribution in [0.5, 0.6) is 0 Å². The van der Waals surface area contributed by atoms with Crippen molar-refractivity contribution in [2.75, 3.05) is 11.1 Å². The summed E-state index contributed by atoms with van der Waals surface area (Å²) in [5.41, 5.74) is 3.57. The van der Waals surface area contributed by atoms with E-state index in [0.717, 1.165) is 29.1 Å². The predicted octanol–water partition coefficient (Wildman–Crippen LogP) is 5.04. The Kier molecular flexibility index (Phi) is 3.97. The second-order valence-corrected chi connectivity index (χ2v) is 6.11. The SMILES string of the molecule is CCc1ccccc1NC1CCSc2c(F)cccc21. The lowest BCUT2D eigenvalue weighted by atomic mass is 10.0. The maximum absolute atomic E-state index is 13.9. The standard InChI is InChI=1S/C17H18FNS/c1-2-12-6-3-4-9-15(12)19-16-10-11-20-17-13(16)7-5-8-14(17)18/h3-9,16,19H,2,10-11H2,1H3. The minimum absolute atomic E-state index is 0.0947. The number of fused-ring (bicyclic) bond motifs is 1. The van der Waals surface area contributed by atoms with Gasteiger partial charge < -0.3 is 5.32 Å². The zero-order chi connectivity index (χ0) is 13.9. The van der Waals surface area contributed by atoms with Crippen molar-refractivity contribution >= 4 is 17.4 Å². The zero-order valence-electron chi connectivity index (χ0n) is 11.5. The first-order valence-electron chi connectivity index (χ1n) is 7.05. The van der Waals surface area contributed by atoms with E-state index in [0.29, 0.717) is 0 Å². The van der Waals surface area contributed by atoms with Crippen molar-refractivity contribution in [1.29, 1.82) is 0 Å². The molecular weight excluding hydrogens is 269 g/mol. The highest BCUT2D eigenvalue weighted by Gasteiger charge is 2.23. The molecule has 1 aliphatic rings. The van der Waals surface area contributed by atoms with Crippen LogP contribution in [0.3, 0.4) is 0 Å². The Morgan fingerprint density at radius 3 is 2.90 bits per heavy atom. The first-order chi connectivity index (χ1) is 9.79. The number of aryl methyl sites for hydroxylation is 1. The van der Waals surface area contributed by atoms with E-state index in [-0.39, 0.29) is 11.9 Å². The first kappa shape index (κ1) is 13.5. The van der Waals surface area contributed by atoms with Gasteiger partial charge in [-0.2, -0.15) is 0 Å². The molecule has 0 spiro atoms. The van der Waals surface area contributed by atoms with Crippen molar-refractivity contribution in [3.63, 3.8) is 0 Å². The van der Waals surface area contributed by atoms with Gasteiger partial charge in [-0.05, 0) is 36.1 Å². The molecule has 0 fully saturated rings. The minimum atomic E-state index is -0.0947. The summed E-state index contributed by atoms with van der Waals surface area (Å²) in [6.07, 6.45) is 2.03. The molecule has 3 heteroatoms. The maximum Gasteiger partial charge on any atom is 0.137 e. The first-order valence-corrected chi connectivity index (χ1v) is 8.04. The topological polar surface area (TPSA) is 12.0 Å². The molecule has 1 N–H and O–H groups in total. The molecule has 2 aromatic carbocycles. The molecule has 0 radical (unpaired) electrons. The molecule has 0 saturated heterocycles. The summed E-state index contributed by atoms with van der Waals surface area (Å²) in [6.45, 7) is 2.16. The Hall–Kier alpha value is -1.48. The fourth-order valence-corrected chi connectivity index (χ4v) is 3.83. The molecule has 0 bridgehead atoms. The van der Waals surface area contributed by atoms with E-state index in [1.807, 2.05) is 12.1 Å². The Morgan fingerprint density at radius 1 is 1.20 bits per heavy atom. The number of rotatable bonds is 3. The van der Waals surface area contributed by atoms with Crippen LogP contribution in [0.1, 0.15) is 30.5 Å². The van der Waals surface area contributed by atoms with Gasteiger partial charge in [0.1, 0.15) is 5.82 Å². The average molecular weight is 287 g/mol. The number of nitrogens with one attached hydrogen (secondary N) is 1. The molecule has 104 valence electrons. The normalized spacial score (nSPS) is 17.6. The van der Waals surface area contributed by atoms with Gasteiger partial charge in [0.2, 0.25) is 0 Å². The lowest BCUT2D eigenvalue weighted by molar-refractivity contribution is 0.585.